The van der Waals surface area contributed by atoms with Crippen molar-refractivity contribution >= 4 is 6.03 Å². The average Bonchev–Trinajstić information content (AvgIpc) is 2.67. The summed E-state index contributed by atoms with van der Waals surface area (Å²) in [4.78, 5) is 16.3. The lowest BCUT2D eigenvalue weighted by molar-refractivity contribution is 0.190. The van der Waals surface area contributed by atoms with Crippen molar-refractivity contribution in [1.29, 1.82) is 0 Å². The Kier molecular flexibility index (Phi) is 3.70. The monoisotopic (exact) mass is 252 g/mol. The van der Waals surface area contributed by atoms with Gasteiger partial charge in [0.1, 0.15) is 0 Å². The molecule has 2 aliphatic heterocycles. The smallest absolute Gasteiger partial charge is 0.317 e. The maximum absolute atomic E-state index is 11.9. The number of urea groups is 1. The lowest BCUT2D eigenvalue weighted by Gasteiger charge is -2.31. The molecular weight excluding hydrogens is 228 g/mol. The standard InChI is InChI=1S/C13H24N4O/c18-13-15-12(11-2-1-3-11)10-17(13)9-8-16-6-4-14-5-7-16/h11-12,14H,1-10H2,(H,15,18). The molecule has 2 saturated heterocycles. The van der Waals surface area contributed by atoms with Gasteiger partial charge in [-0.05, 0) is 18.8 Å². The van der Waals surface area contributed by atoms with Crippen LogP contribution in [0.2, 0.25) is 0 Å². The molecule has 0 bridgehead atoms. The molecule has 2 N–H and O–H groups in total. The molecule has 0 aromatic carbocycles. The van der Waals surface area contributed by atoms with E-state index < -0.39 is 0 Å². The molecule has 0 spiro atoms. The minimum Gasteiger partial charge on any atom is -0.333 e. The lowest BCUT2D eigenvalue weighted by Crippen LogP contribution is -2.46. The van der Waals surface area contributed by atoms with E-state index in [1.807, 2.05) is 4.90 Å². The first-order chi connectivity index (χ1) is 8.83. The van der Waals surface area contributed by atoms with Gasteiger partial charge in [-0.2, -0.15) is 0 Å². The molecule has 18 heavy (non-hydrogen) atoms. The van der Waals surface area contributed by atoms with E-state index in [4.69, 9.17) is 0 Å². The summed E-state index contributed by atoms with van der Waals surface area (Å²) in [6.07, 6.45) is 3.95. The molecule has 3 rings (SSSR count). The highest BCUT2D eigenvalue weighted by atomic mass is 16.2. The van der Waals surface area contributed by atoms with Gasteiger partial charge < -0.3 is 15.5 Å². The average molecular weight is 252 g/mol. The predicted molar refractivity (Wildman–Crippen MR) is 70.5 cm³/mol. The van der Waals surface area contributed by atoms with E-state index in [-0.39, 0.29) is 6.03 Å². The zero-order chi connectivity index (χ0) is 12.4. The third-order valence-electron chi connectivity index (χ3n) is 4.63. The third-order valence-corrected chi connectivity index (χ3v) is 4.63. The highest BCUT2D eigenvalue weighted by Crippen LogP contribution is 2.31. The van der Waals surface area contributed by atoms with Gasteiger partial charge in [0.15, 0.2) is 0 Å². The predicted octanol–water partition coefficient (Wildman–Crippen LogP) is 0.0855. The highest BCUT2D eigenvalue weighted by Gasteiger charge is 2.36. The zero-order valence-corrected chi connectivity index (χ0v) is 11.0. The molecule has 3 fully saturated rings. The number of hydrogen-bond acceptors (Lipinski definition) is 3. The summed E-state index contributed by atoms with van der Waals surface area (Å²) >= 11 is 0. The van der Waals surface area contributed by atoms with Crippen molar-refractivity contribution in [2.24, 2.45) is 5.92 Å². The SMILES string of the molecule is O=C1NC(C2CCC2)CN1CCN1CCNCC1. The Labute approximate surface area is 109 Å². The molecule has 102 valence electrons. The molecule has 5 heteroatoms. The number of carbonyl (C=O) groups is 1. The second-order valence-electron chi connectivity index (χ2n) is 5.78. The molecule has 5 nitrogen and oxygen atoms in total. The number of amides is 2. The summed E-state index contributed by atoms with van der Waals surface area (Å²) in [5.74, 6) is 0.748. The van der Waals surface area contributed by atoms with Gasteiger partial charge in [-0.15, -0.1) is 0 Å². The van der Waals surface area contributed by atoms with Gasteiger partial charge in [-0.25, -0.2) is 4.79 Å². The van der Waals surface area contributed by atoms with Gasteiger partial charge in [0.05, 0.1) is 6.04 Å². The van der Waals surface area contributed by atoms with Gasteiger partial charge in [-0.1, -0.05) is 6.42 Å². The van der Waals surface area contributed by atoms with Crippen molar-refractivity contribution in [2.75, 3.05) is 45.8 Å². The summed E-state index contributed by atoms with van der Waals surface area (Å²) in [6, 6.07) is 0.580. The second kappa shape index (κ2) is 5.45. The molecule has 0 radical (unpaired) electrons. The van der Waals surface area contributed by atoms with E-state index in [9.17, 15) is 4.79 Å². The van der Waals surface area contributed by atoms with Crippen LogP contribution in [0.5, 0.6) is 0 Å². The van der Waals surface area contributed by atoms with Crippen molar-refractivity contribution in [3.8, 4) is 0 Å². The van der Waals surface area contributed by atoms with Crippen LogP contribution in [0.25, 0.3) is 0 Å². The van der Waals surface area contributed by atoms with E-state index in [1.54, 1.807) is 0 Å². The maximum atomic E-state index is 11.9. The first-order valence-corrected chi connectivity index (χ1v) is 7.31. The van der Waals surface area contributed by atoms with Crippen LogP contribution in [0.3, 0.4) is 0 Å². The Hall–Kier alpha value is -0.810. The Morgan fingerprint density at radius 2 is 1.94 bits per heavy atom. The summed E-state index contributed by atoms with van der Waals surface area (Å²) in [5, 5.41) is 6.50. The minimum atomic E-state index is 0.155. The Morgan fingerprint density at radius 3 is 2.61 bits per heavy atom. The molecule has 1 aliphatic carbocycles. The van der Waals surface area contributed by atoms with E-state index in [2.05, 4.69) is 15.5 Å². The summed E-state index contributed by atoms with van der Waals surface area (Å²) in [7, 11) is 0. The highest BCUT2D eigenvalue weighted by molar-refractivity contribution is 5.77. The van der Waals surface area contributed by atoms with E-state index >= 15 is 0 Å². The van der Waals surface area contributed by atoms with Crippen LogP contribution < -0.4 is 10.6 Å². The third kappa shape index (κ3) is 2.62. The Bertz CT molecular complexity index is 299. The van der Waals surface area contributed by atoms with Crippen LogP contribution in [0.4, 0.5) is 4.79 Å². The summed E-state index contributed by atoms with van der Waals surface area (Å²) < 4.78 is 0. The fourth-order valence-corrected chi connectivity index (χ4v) is 3.11. The largest absolute Gasteiger partial charge is 0.333 e. The fourth-order valence-electron chi connectivity index (χ4n) is 3.11. The quantitative estimate of drug-likeness (QED) is 0.745. The first kappa shape index (κ1) is 12.2. The number of nitrogens with one attached hydrogen (secondary N) is 2. The van der Waals surface area contributed by atoms with Gasteiger partial charge in [-0.3, -0.25) is 4.90 Å². The molecular formula is C13H24N4O. The van der Waals surface area contributed by atoms with E-state index in [0.29, 0.717) is 6.04 Å². The molecule has 3 aliphatic rings. The topological polar surface area (TPSA) is 47.6 Å². The molecule has 1 atom stereocenters. The number of carbonyl (C=O) groups excluding carboxylic acids is 1. The van der Waals surface area contributed by atoms with Crippen LogP contribution in [0.15, 0.2) is 0 Å². The number of rotatable bonds is 4. The summed E-state index contributed by atoms with van der Waals surface area (Å²) in [5.41, 5.74) is 0. The molecule has 0 aromatic rings. The van der Waals surface area contributed by atoms with Gasteiger partial charge in [0.25, 0.3) is 0 Å². The Balaban J connectivity index is 1.43. The molecule has 0 aromatic heterocycles. The van der Waals surface area contributed by atoms with Crippen LogP contribution >= 0.6 is 0 Å². The van der Waals surface area contributed by atoms with Gasteiger partial charge in [0.2, 0.25) is 0 Å². The minimum absolute atomic E-state index is 0.155. The van der Waals surface area contributed by atoms with Gasteiger partial charge >= 0.3 is 6.03 Å². The van der Waals surface area contributed by atoms with E-state index in [1.165, 1.54) is 19.3 Å². The molecule has 2 amide bonds. The van der Waals surface area contributed by atoms with Gasteiger partial charge in [0, 0.05) is 45.8 Å². The zero-order valence-electron chi connectivity index (χ0n) is 11.0. The molecule has 2 heterocycles. The van der Waals surface area contributed by atoms with E-state index in [0.717, 1.165) is 51.7 Å². The Morgan fingerprint density at radius 1 is 1.17 bits per heavy atom. The van der Waals surface area contributed by atoms with Crippen molar-refractivity contribution in [3.05, 3.63) is 0 Å². The molecule has 1 saturated carbocycles. The molecule has 1 unspecified atom stereocenters. The second-order valence-corrected chi connectivity index (χ2v) is 5.78. The van der Waals surface area contributed by atoms with Crippen LogP contribution in [0.1, 0.15) is 19.3 Å². The van der Waals surface area contributed by atoms with Crippen molar-refractivity contribution in [2.45, 2.75) is 25.3 Å². The number of hydrogen-bond donors (Lipinski definition) is 2. The maximum Gasteiger partial charge on any atom is 0.317 e. The van der Waals surface area contributed by atoms with Crippen LogP contribution in [-0.4, -0.2) is 67.7 Å². The van der Waals surface area contributed by atoms with Crippen molar-refractivity contribution in [3.63, 3.8) is 0 Å². The van der Waals surface area contributed by atoms with Crippen molar-refractivity contribution in [1.82, 2.24) is 20.4 Å². The normalized spacial score (nSPS) is 30.3. The first-order valence-electron chi connectivity index (χ1n) is 7.31. The fraction of sp³-hybridized carbons (Fsp3) is 0.923. The number of piperazine rings is 1. The van der Waals surface area contributed by atoms with Crippen LogP contribution in [-0.2, 0) is 0 Å². The lowest BCUT2D eigenvalue weighted by atomic mass is 9.80. The summed E-state index contributed by atoms with van der Waals surface area (Å²) in [6.45, 7) is 7.22. The van der Waals surface area contributed by atoms with Crippen molar-refractivity contribution < 1.29 is 4.79 Å². The number of nitrogens with zero attached hydrogens (tertiary/aromatic N) is 2. The van der Waals surface area contributed by atoms with Crippen LogP contribution in [0, 0.1) is 5.92 Å².